The number of nitrogens with one attached hydrogen (secondary N) is 2. The molecular formula is C20H31N5O. The molecular weight excluding hydrogens is 326 g/mol. The predicted molar refractivity (Wildman–Crippen MR) is 106 cm³/mol. The number of hydrogen-bond donors (Lipinski definition) is 2. The molecule has 0 aliphatic rings. The van der Waals surface area contributed by atoms with E-state index < -0.39 is 0 Å². The largest absolute Gasteiger partial charge is 0.361 e. The van der Waals surface area contributed by atoms with Crippen LogP contribution in [0.15, 0.2) is 33.8 Å². The lowest BCUT2D eigenvalue weighted by molar-refractivity contribution is 0.380. The maximum atomic E-state index is 5.42. The van der Waals surface area contributed by atoms with Gasteiger partial charge in [-0.05, 0) is 31.6 Å². The van der Waals surface area contributed by atoms with Crippen molar-refractivity contribution in [3.05, 3.63) is 52.4 Å². The Morgan fingerprint density at radius 1 is 1.04 bits per heavy atom. The lowest BCUT2D eigenvalue weighted by Gasteiger charge is -2.13. The van der Waals surface area contributed by atoms with Gasteiger partial charge in [-0.25, -0.2) is 0 Å². The lowest BCUT2D eigenvalue weighted by Crippen LogP contribution is -2.36. The number of rotatable bonds is 8. The van der Waals surface area contributed by atoms with Crippen molar-refractivity contribution in [1.82, 2.24) is 20.7 Å². The molecule has 0 aliphatic heterocycles. The highest BCUT2D eigenvalue weighted by atomic mass is 16.5. The summed E-state index contributed by atoms with van der Waals surface area (Å²) in [5, 5.41) is 10.9. The zero-order valence-electron chi connectivity index (χ0n) is 16.6. The topological polar surface area (TPSA) is 65.7 Å². The predicted octanol–water partition coefficient (Wildman–Crippen LogP) is 2.73. The van der Waals surface area contributed by atoms with Crippen LogP contribution in [-0.4, -0.2) is 37.2 Å². The zero-order valence-corrected chi connectivity index (χ0v) is 16.6. The standard InChI is InChI=1S/C20H31N5O/c1-6-18-17(19(7-2)26-24-18)13-23-20(21-3)22-12-15-8-10-16(11-9-15)14-25(4)5/h8-11H,6-7,12-14H2,1-5H3,(H2,21,22,23). The van der Waals surface area contributed by atoms with E-state index in [0.717, 1.165) is 48.9 Å². The Balaban J connectivity index is 1.89. The molecule has 0 aliphatic carbocycles. The van der Waals surface area contributed by atoms with E-state index in [4.69, 9.17) is 4.52 Å². The summed E-state index contributed by atoms with van der Waals surface area (Å²) >= 11 is 0. The highest BCUT2D eigenvalue weighted by molar-refractivity contribution is 5.79. The molecule has 0 spiro atoms. The SMILES string of the molecule is CCc1noc(CC)c1CNC(=NC)NCc1ccc(CN(C)C)cc1. The van der Waals surface area contributed by atoms with Crippen molar-refractivity contribution in [2.45, 2.75) is 46.3 Å². The van der Waals surface area contributed by atoms with Crippen molar-refractivity contribution in [1.29, 1.82) is 0 Å². The average molecular weight is 358 g/mol. The fraction of sp³-hybridized carbons (Fsp3) is 0.500. The van der Waals surface area contributed by atoms with Crippen LogP contribution in [0.2, 0.25) is 0 Å². The Bertz CT molecular complexity index is 682. The fourth-order valence-corrected chi connectivity index (χ4v) is 2.84. The molecule has 0 bridgehead atoms. The summed E-state index contributed by atoms with van der Waals surface area (Å²) in [4.78, 5) is 6.47. The second kappa shape index (κ2) is 9.97. The van der Waals surface area contributed by atoms with Gasteiger partial charge in [-0.15, -0.1) is 0 Å². The minimum atomic E-state index is 0.664. The molecule has 6 nitrogen and oxygen atoms in total. The van der Waals surface area contributed by atoms with Gasteiger partial charge in [0.15, 0.2) is 5.96 Å². The van der Waals surface area contributed by atoms with Crippen molar-refractivity contribution in [2.75, 3.05) is 21.1 Å². The van der Waals surface area contributed by atoms with Crippen molar-refractivity contribution in [2.24, 2.45) is 4.99 Å². The quantitative estimate of drug-likeness (QED) is 0.562. The first-order valence-corrected chi connectivity index (χ1v) is 9.20. The maximum absolute atomic E-state index is 5.42. The van der Waals surface area contributed by atoms with Crippen LogP contribution in [0.5, 0.6) is 0 Å². The summed E-state index contributed by atoms with van der Waals surface area (Å²) in [5.74, 6) is 1.72. The number of aromatic nitrogens is 1. The fourth-order valence-electron chi connectivity index (χ4n) is 2.84. The zero-order chi connectivity index (χ0) is 18.9. The van der Waals surface area contributed by atoms with E-state index in [1.165, 1.54) is 11.1 Å². The summed E-state index contributed by atoms with van der Waals surface area (Å²) in [7, 11) is 5.94. The van der Waals surface area contributed by atoms with Crippen LogP contribution in [0.1, 0.15) is 42.0 Å². The van der Waals surface area contributed by atoms with Gasteiger partial charge in [-0.2, -0.15) is 0 Å². The number of aliphatic imine (C=N–C) groups is 1. The van der Waals surface area contributed by atoms with Crippen LogP contribution in [0.25, 0.3) is 0 Å². The van der Waals surface area contributed by atoms with Crippen molar-refractivity contribution in [3.8, 4) is 0 Å². The number of hydrogen-bond acceptors (Lipinski definition) is 4. The molecule has 2 N–H and O–H groups in total. The molecule has 0 saturated heterocycles. The Morgan fingerprint density at radius 3 is 2.27 bits per heavy atom. The van der Waals surface area contributed by atoms with Crippen LogP contribution >= 0.6 is 0 Å². The summed E-state index contributed by atoms with van der Waals surface area (Å²) in [6.07, 6.45) is 1.71. The van der Waals surface area contributed by atoms with Gasteiger partial charge in [-0.1, -0.05) is 43.3 Å². The first-order valence-electron chi connectivity index (χ1n) is 9.20. The second-order valence-electron chi connectivity index (χ2n) is 6.57. The molecule has 0 radical (unpaired) electrons. The Morgan fingerprint density at radius 2 is 1.69 bits per heavy atom. The molecule has 2 aromatic rings. The molecule has 1 heterocycles. The first-order chi connectivity index (χ1) is 12.6. The monoisotopic (exact) mass is 357 g/mol. The van der Waals surface area contributed by atoms with Gasteiger partial charge in [0.25, 0.3) is 0 Å². The number of aryl methyl sites for hydroxylation is 2. The van der Waals surface area contributed by atoms with Crippen LogP contribution in [0.3, 0.4) is 0 Å². The third-order valence-corrected chi connectivity index (χ3v) is 4.24. The van der Waals surface area contributed by atoms with Crippen molar-refractivity contribution in [3.63, 3.8) is 0 Å². The van der Waals surface area contributed by atoms with E-state index in [-0.39, 0.29) is 0 Å². The van der Waals surface area contributed by atoms with Gasteiger partial charge in [0.2, 0.25) is 0 Å². The molecule has 0 fully saturated rings. The van der Waals surface area contributed by atoms with Gasteiger partial charge in [0.05, 0.1) is 5.69 Å². The number of guanidine groups is 1. The highest BCUT2D eigenvalue weighted by Crippen LogP contribution is 2.15. The van der Waals surface area contributed by atoms with E-state index in [1.807, 2.05) is 0 Å². The van der Waals surface area contributed by atoms with Gasteiger partial charge in [0.1, 0.15) is 5.76 Å². The van der Waals surface area contributed by atoms with Crippen LogP contribution in [0, 0.1) is 0 Å². The maximum Gasteiger partial charge on any atom is 0.191 e. The van der Waals surface area contributed by atoms with E-state index in [0.29, 0.717) is 6.54 Å². The smallest absolute Gasteiger partial charge is 0.191 e. The first kappa shape index (κ1) is 20.0. The van der Waals surface area contributed by atoms with E-state index in [2.05, 4.69) is 77.9 Å². The molecule has 0 atom stereocenters. The molecule has 6 heteroatoms. The van der Waals surface area contributed by atoms with Gasteiger partial charge < -0.3 is 20.1 Å². The summed E-state index contributed by atoms with van der Waals surface area (Å²) in [5.41, 5.74) is 4.70. The molecule has 0 saturated carbocycles. The molecule has 2 rings (SSSR count). The Labute approximate surface area is 156 Å². The summed E-state index contributed by atoms with van der Waals surface area (Å²) in [6.45, 7) is 6.52. The van der Waals surface area contributed by atoms with Crippen molar-refractivity contribution >= 4 is 5.96 Å². The number of nitrogens with zero attached hydrogens (tertiary/aromatic N) is 3. The number of benzene rings is 1. The third-order valence-electron chi connectivity index (χ3n) is 4.24. The molecule has 0 unspecified atom stereocenters. The van der Waals surface area contributed by atoms with Crippen molar-refractivity contribution < 1.29 is 4.52 Å². The van der Waals surface area contributed by atoms with E-state index in [9.17, 15) is 0 Å². The highest BCUT2D eigenvalue weighted by Gasteiger charge is 2.13. The molecule has 1 aromatic heterocycles. The lowest BCUT2D eigenvalue weighted by atomic mass is 10.1. The van der Waals surface area contributed by atoms with Crippen LogP contribution in [0.4, 0.5) is 0 Å². The summed E-state index contributed by atoms with van der Waals surface area (Å²) < 4.78 is 5.42. The Hall–Kier alpha value is -2.34. The second-order valence-corrected chi connectivity index (χ2v) is 6.57. The third kappa shape index (κ3) is 5.59. The summed E-state index contributed by atoms with van der Waals surface area (Å²) in [6, 6.07) is 8.66. The van der Waals surface area contributed by atoms with Gasteiger partial charge >= 0.3 is 0 Å². The van der Waals surface area contributed by atoms with E-state index in [1.54, 1.807) is 7.05 Å². The average Bonchev–Trinajstić information content (AvgIpc) is 3.04. The van der Waals surface area contributed by atoms with Crippen LogP contribution in [-0.2, 0) is 32.5 Å². The minimum Gasteiger partial charge on any atom is -0.361 e. The molecule has 0 amide bonds. The minimum absolute atomic E-state index is 0.664. The van der Waals surface area contributed by atoms with Gasteiger partial charge in [-0.3, -0.25) is 4.99 Å². The molecule has 142 valence electrons. The van der Waals surface area contributed by atoms with Gasteiger partial charge in [0, 0.05) is 38.7 Å². The van der Waals surface area contributed by atoms with E-state index >= 15 is 0 Å². The Kier molecular flexibility index (Phi) is 7.66. The normalized spacial score (nSPS) is 11.8. The molecule has 1 aromatic carbocycles. The van der Waals surface area contributed by atoms with Crippen LogP contribution < -0.4 is 10.6 Å². The molecule has 26 heavy (non-hydrogen) atoms.